The van der Waals surface area contributed by atoms with Crippen LogP contribution in [0.5, 0.6) is 0 Å². The normalized spacial score (nSPS) is 16.4. The highest BCUT2D eigenvalue weighted by Gasteiger charge is 2.28. The van der Waals surface area contributed by atoms with E-state index in [0.29, 0.717) is 12.1 Å². The summed E-state index contributed by atoms with van der Waals surface area (Å²) in [6.45, 7) is 11.9. The van der Waals surface area contributed by atoms with E-state index in [0.717, 1.165) is 0 Å². The first-order valence-corrected chi connectivity index (χ1v) is 13.9. The maximum absolute atomic E-state index is 2.62. The highest BCUT2D eigenvalue weighted by molar-refractivity contribution is 4.98. The first kappa shape index (κ1) is 27.4. The zero-order valence-electron chi connectivity index (χ0n) is 21.3. The van der Waals surface area contributed by atoms with Gasteiger partial charge in [-0.1, -0.05) is 130 Å². The number of hydrogen-bond donors (Lipinski definition) is 0. The van der Waals surface area contributed by atoms with E-state index in [1.54, 1.807) is 0 Å². The van der Waals surface area contributed by atoms with E-state index in [-0.39, 0.29) is 0 Å². The van der Waals surface area contributed by atoms with Gasteiger partial charge in [-0.2, -0.15) is 0 Å². The predicted octanol–water partition coefficient (Wildman–Crippen LogP) is 9.12. The SMILES string of the molecule is CCCCCCCCCCCCCCN1C=CN(CCCCCCCC)C1C(C)C. The van der Waals surface area contributed by atoms with Gasteiger partial charge in [-0.15, -0.1) is 0 Å². The molecule has 0 aliphatic carbocycles. The molecule has 0 fully saturated rings. The molecular formula is C28H56N2. The fourth-order valence-corrected chi connectivity index (χ4v) is 4.93. The summed E-state index contributed by atoms with van der Waals surface area (Å²) in [4.78, 5) is 5.24. The van der Waals surface area contributed by atoms with Gasteiger partial charge in [-0.05, 0) is 18.8 Å². The molecule has 0 amide bonds. The lowest BCUT2D eigenvalue weighted by atomic mass is 10.0. The van der Waals surface area contributed by atoms with Crippen molar-refractivity contribution in [2.45, 2.75) is 149 Å². The second kappa shape index (κ2) is 19.1. The van der Waals surface area contributed by atoms with Gasteiger partial charge in [0.2, 0.25) is 0 Å². The van der Waals surface area contributed by atoms with Gasteiger partial charge in [-0.3, -0.25) is 0 Å². The quantitative estimate of drug-likeness (QED) is 0.171. The van der Waals surface area contributed by atoms with Crippen molar-refractivity contribution < 1.29 is 0 Å². The fraction of sp³-hybridized carbons (Fsp3) is 0.929. The van der Waals surface area contributed by atoms with Crippen molar-refractivity contribution in [3.63, 3.8) is 0 Å². The molecule has 1 rings (SSSR count). The third-order valence-electron chi connectivity index (χ3n) is 6.77. The van der Waals surface area contributed by atoms with Crippen LogP contribution in [0.2, 0.25) is 0 Å². The molecule has 0 aromatic rings. The van der Waals surface area contributed by atoms with Crippen molar-refractivity contribution >= 4 is 0 Å². The third kappa shape index (κ3) is 12.9. The molecule has 1 aliphatic rings. The van der Waals surface area contributed by atoms with Crippen LogP contribution in [0.15, 0.2) is 12.4 Å². The Labute approximate surface area is 190 Å². The maximum Gasteiger partial charge on any atom is 0.103 e. The van der Waals surface area contributed by atoms with Crippen LogP contribution in [0.3, 0.4) is 0 Å². The molecule has 0 spiro atoms. The Bertz CT molecular complexity index is 390. The molecule has 2 nitrogen and oxygen atoms in total. The van der Waals surface area contributed by atoms with Crippen LogP contribution in [0.1, 0.15) is 143 Å². The second-order valence-corrected chi connectivity index (χ2v) is 10.1. The topological polar surface area (TPSA) is 6.48 Å². The Morgan fingerprint density at radius 2 is 0.800 bits per heavy atom. The van der Waals surface area contributed by atoms with Crippen molar-refractivity contribution in [1.82, 2.24) is 9.80 Å². The molecule has 1 heterocycles. The fourth-order valence-electron chi connectivity index (χ4n) is 4.93. The van der Waals surface area contributed by atoms with Gasteiger partial charge in [0.1, 0.15) is 6.17 Å². The van der Waals surface area contributed by atoms with Crippen LogP contribution in [0.4, 0.5) is 0 Å². The lowest BCUT2D eigenvalue weighted by Crippen LogP contribution is -2.43. The Morgan fingerprint density at radius 1 is 0.500 bits per heavy atom. The summed E-state index contributed by atoms with van der Waals surface area (Å²) in [6, 6.07) is 0. The largest absolute Gasteiger partial charge is 0.356 e. The van der Waals surface area contributed by atoms with E-state index < -0.39 is 0 Å². The summed E-state index contributed by atoms with van der Waals surface area (Å²) in [6.07, 6.45) is 30.9. The van der Waals surface area contributed by atoms with Crippen LogP contribution < -0.4 is 0 Å². The van der Waals surface area contributed by atoms with Crippen molar-refractivity contribution in [3.05, 3.63) is 12.4 Å². The van der Waals surface area contributed by atoms with Gasteiger partial charge >= 0.3 is 0 Å². The molecule has 0 aromatic carbocycles. The van der Waals surface area contributed by atoms with Crippen molar-refractivity contribution in [2.75, 3.05) is 13.1 Å². The van der Waals surface area contributed by atoms with Crippen LogP contribution in [0, 0.1) is 5.92 Å². The predicted molar refractivity (Wildman–Crippen MR) is 136 cm³/mol. The van der Waals surface area contributed by atoms with E-state index in [4.69, 9.17) is 0 Å². The Balaban J connectivity index is 2.05. The highest BCUT2D eigenvalue weighted by Crippen LogP contribution is 2.24. The summed E-state index contributed by atoms with van der Waals surface area (Å²) in [5.74, 6) is 0.692. The number of unbranched alkanes of at least 4 members (excludes halogenated alkanes) is 16. The third-order valence-corrected chi connectivity index (χ3v) is 6.77. The van der Waals surface area contributed by atoms with Crippen LogP contribution >= 0.6 is 0 Å². The molecule has 0 radical (unpaired) electrons. The smallest absolute Gasteiger partial charge is 0.103 e. The summed E-state index contributed by atoms with van der Waals surface area (Å²) in [5, 5.41) is 0. The molecular weight excluding hydrogens is 364 g/mol. The Kier molecular flexibility index (Phi) is 17.4. The van der Waals surface area contributed by atoms with Gasteiger partial charge < -0.3 is 9.80 Å². The summed E-state index contributed by atoms with van der Waals surface area (Å²) >= 11 is 0. The molecule has 1 aliphatic heterocycles. The minimum Gasteiger partial charge on any atom is -0.356 e. The lowest BCUT2D eigenvalue weighted by Gasteiger charge is -2.36. The lowest BCUT2D eigenvalue weighted by molar-refractivity contribution is 0.104. The number of rotatable bonds is 21. The van der Waals surface area contributed by atoms with Crippen molar-refractivity contribution in [1.29, 1.82) is 0 Å². The van der Waals surface area contributed by atoms with Crippen LogP contribution in [-0.2, 0) is 0 Å². The van der Waals surface area contributed by atoms with Gasteiger partial charge in [-0.25, -0.2) is 0 Å². The van der Waals surface area contributed by atoms with Crippen molar-refractivity contribution in [2.24, 2.45) is 5.92 Å². The molecule has 0 aromatic heterocycles. The van der Waals surface area contributed by atoms with Crippen molar-refractivity contribution in [3.8, 4) is 0 Å². The average molecular weight is 421 g/mol. The molecule has 0 saturated carbocycles. The average Bonchev–Trinajstić information content (AvgIpc) is 3.14. The molecule has 2 heteroatoms. The Hall–Kier alpha value is -0.660. The van der Waals surface area contributed by atoms with Gasteiger partial charge in [0, 0.05) is 25.5 Å². The number of nitrogens with zero attached hydrogens (tertiary/aromatic N) is 2. The standard InChI is InChI=1S/C28H56N2/c1-5-7-9-11-13-14-15-16-17-18-20-22-24-30-26-25-29(28(30)27(3)4)23-21-19-12-10-8-6-2/h25-28H,5-24H2,1-4H3. The van der Waals surface area contributed by atoms with Gasteiger partial charge in [0.15, 0.2) is 0 Å². The first-order valence-electron chi connectivity index (χ1n) is 13.9. The number of hydrogen-bond acceptors (Lipinski definition) is 2. The summed E-state index contributed by atoms with van der Waals surface area (Å²) < 4.78 is 0. The van der Waals surface area contributed by atoms with E-state index in [1.807, 2.05) is 0 Å². The molecule has 0 N–H and O–H groups in total. The van der Waals surface area contributed by atoms with Crippen LogP contribution in [-0.4, -0.2) is 29.1 Å². The first-order chi connectivity index (χ1) is 14.7. The highest BCUT2D eigenvalue weighted by atomic mass is 15.4. The van der Waals surface area contributed by atoms with Gasteiger partial charge in [0.05, 0.1) is 0 Å². The minimum atomic E-state index is 0.591. The minimum absolute atomic E-state index is 0.591. The summed E-state index contributed by atoms with van der Waals surface area (Å²) in [5.41, 5.74) is 0. The second-order valence-electron chi connectivity index (χ2n) is 10.1. The maximum atomic E-state index is 2.62. The molecule has 0 saturated heterocycles. The molecule has 1 unspecified atom stereocenters. The van der Waals surface area contributed by atoms with E-state index >= 15 is 0 Å². The van der Waals surface area contributed by atoms with E-state index in [2.05, 4.69) is 49.9 Å². The van der Waals surface area contributed by atoms with Gasteiger partial charge in [0.25, 0.3) is 0 Å². The van der Waals surface area contributed by atoms with E-state index in [9.17, 15) is 0 Å². The zero-order valence-corrected chi connectivity index (χ0v) is 21.3. The summed E-state index contributed by atoms with van der Waals surface area (Å²) in [7, 11) is 0. The monoisotopic (exact) mass is 420 g/mol. The Morgan fingerprint density at radius 3 is 1.10 bits per heavy atom. The molecule has 30 heavy (non-hydrogen) atoms. The van der Waals surface area contributed by atoms with Crippen LogP contribution in [0.25, 0.3) is 0 Å². The van der Waals surface area contributed by atoms with E-state index in [1.165, 1.54) is 129 Å². The molecule has 178 valence electrons. The molecule has 1 atom stereocenters. The zero-order chi connectivity index (χ0) is 21.9. The molecule has 0 bridgehead atoms.